The molecule has 9 aromatic carbocycles. The zero-order chi connectivity index (χ0) is 69.2. The van der Waals surface area contributed by atoms with Crippen molar-refractivity contribution in [3.05, 3.63) is 272 Å². The highest BCUT2D eigenvalue weighted by atomic mass is 79.9. The van der Waals surface area contributed by atoms with Gasteiger partial charge in [0.15, 0.2) is 44.1 Å². The van der Waals surface area contributed by atoms with E-state index in [1.165, 1.54) is 191 Å². The number of benzene rings is 9. The van der Waals surface area contributed by atoms with Crippen molar-refractivity contribution in [1.29, 1.82) is 0 Å². The number of piperidine rings is 4. The van der Waals surface area contributed by atoms with Gasteiger partial charge < -0.3 is 46.0 Å². The van der Waals surface area contributed by atoms with E-state index in [1.807, 2.05) is 0 Å². The van der Waals surface area contributed by atoms with E-state index in [9.17, 15) is 0 Å². The normalized spacial score (nSPS) is 16.6. The highest BCUT2D eigenvalue weighted by molar-refractivity contribution is 7.97. The smallest absolute Gasteiger partial charge is 0.373 e. The second-order valence-corrected chi connectivity index (χ2v) is 33.5. The van der Waals surface area contributed by atoms with Crippen molar-refractivity contribution in [2.45, 2.75) is 147 Å². The van der Waals surface area contributed by atoms with Crippen molar-refractivity contribution >= 4 is 38.8 Å². The minimum absolute atomic E-state index is 0. The Balaban J connectivity index is 0.000000168. The molecule has 5 heterocycles. The van der Waals surface area contributed by atoms with Crippen LogP contribution in [0.1, 0.15) is 81.8 Å². The average molecular weight is 1450 g/mol. The molecule has 5 aliphatic rings. The number of likely N-dealkylation sites (tertiary alicyclic amines) is 5. The number of nitrogens with zero attached hydrogens (tertiary/aromatic N) is 6. The number of hydrogen-bond acceptors (Lipinski definition) is 7. The molecule has 0 aliphatic carbocycles. The van der Waals surface area contributed by atoms with Crippen LogP contribution in [0.4, 0.5) is 0 Å². The van der Waals surface area contributed by atoms with E-state index in [2.05, 4.69) is 341 Å². The van der Waals surface area contributed by atoms with Gasteiger partial charge >= 0.3 is 6.15 Å². The van der Waals surface area contributed by atoms with Crippen molar-refractivity contribution in [3.63, 3.8) is 0 Å². The van der Waals surface area contributed by atoms with Crippen LogP contribution in [-0.4, -0.2) is 161 Å². The summed E-state index contributed by atoms with van der Waals surface area (Å²) in [4.78, 5) is 41.3. The Hall–Kier alpha value is -6.35. The van der Waals surface area contributed by atoms with E-state index >= 15 is 0 Å². The van der Waals surface area contributed by atoms with Gasteiger partial charge in [0.05, 0.1) is 59.9 Å². The fraction of sp³-hybridized carbons (Fsp3) is 0.368. The maximum Gasteiger partial charge on any atom is 0.373 e. The van der Waals surface area contributed by atoms with Crippen LogP contribution in [0.5, 0.6) is 0 Å². The maximum atomic E-state index is 8.12. The van der Waals surface area contributed by atoms with Crippen LogP contribution in [0.3, 0.4) is 0 Å². The predicted octanol–water partition coefficient (Wildman–Crippen LogP) is 14.9. The third-order valence-corrected chi connectivity index (χ3v) is 25.8. The van der Waals surface area contributed by atoms with Gasteiger partial charge in [-0.3, -0.25) is 0 Å². The van der Waals surface area contributed by atoms with Gasteiger partial charge in [0, 0.05) is 38.0 Å². The van der Waals surface area contributed by atoms with Gasteiger partial charge in [0.25, 0.3) is 0 Å². The number of quaternary nitrogens is 1. The zero-order valence-corrected chi connectivity index (χ0v) is 64.5. The largest absolute Gasteiger partial charge is 1.00 e. The molecule has 5 saturated heterocycles. The first-order valence-corrected chi connectivity index (χ1v) is 39.5. The molecule has 12 heteroatoms. The third-order valence-electron chi connectivity index (χ3n) is 19.1. The Morgan fingerprint density at radius 2 is 0.485 bits per heavy atom. The molecule has 0 saturated carbocycles. The number of hydrogen-bond donors (Lipinski definition) is 0. The Kier molecular flexibility index (Phi) is 35.6. The molecule has 0 N–H and O–H groups in total. The Morgan fingerprint density at radius 3 is 0.697 bits per heavy atom. The lowest BCUT2D eigenvalue weighted by atomic mass is 10.0. The highest BCUT2D eigenvalue weighted by Crippen LogP contribution is 2.34. The second-order valence-electron chi connectivity index (χ2n) is 27.4. The first-order chi connectivity index (χ1) is 47.8. The molecule has 0 amide bonds. The van der Waals surface area contributed by atoms with Crippen LogP contribution in [0.2, 0.25) is 0 Å². The lowest BCUT2D eigenvalue weighted by molar-refractivity contribution is -0.897. The summed E-state index contributed by atoms with van der Waals surface area (Å²) in [5.74, 6) is 0. The average Bonchev–Trinajstić information content (AvgIpc) is 1.16. The summed E-state index contributed by atoms with van der Waals surface area (Å²) in [5.41, 5.74) is 2.61. The van der Waals surface area contributed by atoms with Crippen molar-refractivity contribution in [3.8, 4) is 0 Å². The molecule has 5 fully saturated rings. The summed E-state index contributed by atoms with van der Waals surface area (Å²) in [7, 11) is 13.5. The number of rotatable bonds is 12. The van der Waals surface area contributed by atoms with E-state index in [0.717, 1.165) is 22.6 Å². The lowest BCUT2D eigenvalue weighted by Crippen LogP contribution is -3.00. The van der Waals surface area contributed by atoms with E-state index in [-0.39, 0.29) is 55.8 Å². The van der Waals surface area contributed by atoms with E-state index in [4.69, 9.17) is 9.59 Å². The first-order valence-electron chi connectivity index (χ1n) is 35.8. The van der Waals surface area contributed by atoms with Crippen LogP contribution >= 0.6 is 0 Å². The molecule has 0 unspecified atom stereocenters. The predicted molar refractivity (Wildman–Crippen MR) is 415 cm³/mol. The minimum atomic E-state index is -0.0229. The molecule has 99 heavy (non-hydrogen) atoms. The van der Waals surface area contributed by atoms with Gasteiger partial charge in [-0.25, -0.2) is 0 Å². The molecule has 8 nitrogen and oxygen atoms in total. The minimum Gasteiger partial charge on any atom is -1.00 e. The molecule has 0 radical (unpaired) electrons. The van der Waals surface area contributed by atoms with E-state index < -0.39 is 0 Å². The molecule has 0 atom stereocenters. The summed E-state index contributed by atoms with van der Waals surface area (Å²) < 4.78 is 1.13. The van der Waals surface area contributed by atoms with Crippen molar-refractivity contribution in [1.82, 2.24) is 24.5 Å². The Morgan fingerprint density at radius 1 is 0.293 bits per heavy atom. The molecule has 0 spiro atoms. The fourth-order valence-electron chi connectivity index (χ4n) is 13.3. The lowest BCUT2D eigenvalue weighted by Gasteiger charge is -2.39. The summed E-state index contributed by atoms with van der Waals surface area (Å²) >= 11 is 0. The van der Waals surface area contributed by atoms with Gasteiger partial charge in [0.2, 0.25) is 0 Å². The van der Waals surface area contributed by atoms with E-state index in [0.29, 0.717) is 0 Å². The SMILES string of the molecule is CN1CCC(N2CCCC2)CC1.CN1CCC(N2CCCCC2)CC1.CN1CCC([N+](C)(C)C)CC1.Cc1ccc([S+](c2ccccc2)c2ccccc2)cc1.Cc1ccc([S+](c2ccccc2)c2ccccc2)cc1.O=C=O.[Br-].c1ccc([S+](c2ccccc2)c2ccccc2)cc1. The molecule has 0 bridgehead atoms. The van der Waals surface area contributed by atoms with Gasteiger partial charge in [-0.2, -0.15) is 9.59 Å². The van der Waals surface area contributed by atoms with Crippen LogP contribution in [0, 0.1) is 13.8 Å². The Bertz CT molecular complexity index is 3260. The zero-order valence-electron chi connectivity index (χ0n) is 60.5. The molecule has 0 aromatic heterocycles. The summed E-state index contributed by atoms with van der Waals surface area (Å²) in [5, 5.41) is 0. The molecule has 9 aromatic rings. The van der Waals surface area contributed by atoms with Gasteiger partial charge in [-0.15, -0.1) is 0 Å². The maximum absolute atomic E-state index is 8.12. The van der Waals surface area contributed by atoms with Crippen molar-refractivity contribution in [2.75, 3.05) is 108 Å². The fourth-order valence-corrected chi connectivity index (χ4v) is 19.6. The molecule has 5 aliphatic heterocycles. The highest BCUT2D eigenvalue weighted by Gasteiger charge is 2.32. The number of halogens is 1. The molecular formula is C87H112BrN6O2S3+3. The van der Waals surface area contributed by atoms with Gasteiger partial charge in [0.1, 0.15) is 0 Å². The van der Waals surface area contributed by atoms with Crippen LogP contribution < -0.4 is 17.0 Å². The Labute approximate surface area is 616 Å². The first kappa shape index (κ1) is 80.0. The van der Waals surface area contributed by atoms with Crippen LogP contribution in [-0.2, 0) is 42.3 Å². The van der Waals surface area contributed by atoms with Crippen molar-refractivity contribution in [2.24, 2.45) is 0 Å². The van der Waals surface area contributed by atoms with E-state index in [1.54, 1.807) is 0 Å². The summed E-state index contributed by atoms with van der Waals surface area (Å²) in [6, 6.07) is 95.6. The standard InChI is InChI=1S/2C19H17S.C18H15S.C11H22N2.C10H20N2.C9H21N2.CO2.BrH/c2*1-16-12-14-19(15-13-16)20(17-8-4-2-5-9-17)18-10-6-3-7-11-18;1-4-10-16(11-5-1)19(17-12-6-2-7-13-17)18-14-8-3-9-15-18;1-12-9-5-11(6-10-12)13-7-3-2-4-8-13;1-11-8-4-10(5-9-11)12-6-2-3-7-12;1-10-7-5-9(6-8-10)11(2,3)4;2-1-3;/h2*2-15H,1H3;1-15H;11H,2-10H2,1H3;10H,2-9H2,1H3;9H,5-8H2,1-4H3;;1H/q3*+1;;;+1;;/p-1. The topological polar surface area (TPSA) is 50.3 Å². The molecule has 14 rings (SSSR count). The molecular weight excluding hydrogens is 1340 g/mol. The second kappa shape index (κ2) is 44.1. The third kappa shape index (κ3) is 27.2. The number of carbonyl (C=O) groups excluding carboxylic acids is 2. The van der Waals surface area contributed by atoms with Crippen LogP contribution in [0.25, 0.3) is 0 Å². The van der Waals surface area contributed by atoms with Crippen LogP contribution in [0.15, 0.2) is 305 Å². The summed E-state index contributed by atoms with van der Waals surface area (Å²) in [6.45, 7) is 17.5. The van der Waals surface area contributed by atoms with Gasteiger partial charge in [-0.1, -0.05) is 169 Å². The van der Waals surface area contributed by atoms with Crippen molar-refractivity contribution < 1.29 is 31.1 Å². The quantitative estimate of drug-likeness (QED) is 0.0892. The van der Waals surface area contributed by atoms with Gasteiger partial charge in [-0.05, 0) is 248 Å². The monoisotopic (exact) mass is 1450 g/mol. The molecule has 524 valence electrons. The summed E-state index contributed by atoms with van der Waals surface area (Å²) in [6.07, 6.45) is 15.8. The number of aryl methyl sites for hydroxylation is 2.